The van der Waals surface area contributed by atoms with Crippen LogP contribution >= 0.6 is 0 Å². The summed E-state index contributed by atoms with van der Waals surface area (Å²) in [5.74, 6) is -24.9. The van der Waals surface area contributed by atoms with E-state index in [1.54, 1.807) is 0 Å². The summed E-state index contributed by atoms with van der Waals surface area (Å²) in [6, 6.07) is 6.59. The van der Waals surface area contributed by atoms with Gasteiger partial charge in [0.25, 0.3) is 0 Å². The normalized spacial score (nSPS) is 13.3. The third-order valence-electron chi connectivity index (χ3n) is 11.3. The van der Waals surface area contributed by atoms with E-state index >= 15 is 52.7 Å². The Morgan fingerprint density at radius 1 is 0.352 bits per heavy atom. The van der Waals surface area contributed by atoms with Crippen LogP contribution in [0.5, 0.6) is 0 Å². The number of nitrogens with one attached hydrogen (secondary N) is 6. The van der Waals surface area contributed by atoms with E-state index in [9.17, 15) is 20.4 Å². The van der Waals surface area contributed by atoms with Crippen LogP contribution in [-0.2, 0) is 0 Å². The molecule has 1 aliphatic rings. The number of anilines is 3. The van der Waals surface area contributed by atoms with Crippen LogP contribution in [0.2, 0.25) is 0 Å². The van der Waals surface area contributed by atoms with Gasteiger partial charge in [0.1, 0.15) is 17.1 Å². The number of nitrogens with zero attached hydrogens (tertiary/aromatic N) is 1. The highest BCUT2D eigenvalue weighted by molar-refractivity contribution is 6.00. The molecule has 0 saturated heterocycles. The third-order valence-corrected chi connectivity index (χ3v) is 11.3. The van der Waals surface area contributed by atoms with Gasteiger partial charge in [-0.2, -0.15) is 0 Å². The molecular formula is C46H35F12N7O6. The number of aromatic amines is 3. The SMILES string of the molecule is OC[C@H](O)CNc1c(F)c(F)c(-c2c3nc(c(-c4c(F)c(F)c(NC[C@@H](O)CO)c(F)c4F)c4ccc([nH]4)c4ccc([nH]4)c(-c4c(F)c(F)c(NC[C@@H](O)CO)c(F)c4F)c4ccc2[nH]4)C=C3)c(F)c1F. The maximum absolute atomic E-state index is 16.5. The number of aliphatic hydroxyl groups is 6. The second-order valence-corrected chi connectivity index (χ2v) is 15.9. The summed E-state index contributed by atoms with van der Waals surface area (Å²) in [5, 5.41) is 62.6. The first-order chi connectivity index (χ1) is 33.8. The maximum Gasteiger partial charge on any atom is 0.185 e. The molecule has 374 valence electrons. The molecular weight excluding hydrogens is 975 g/mol. The number of aliphatic hydroxyl groups excluding tert-OH is 6. The minimum absolute atomic E-state index is 0.0400. The summed E-state index contributed by atoms with van der Waals surface area (Å²) in [6.07, 6.45) is -3.16. The molecule has 3 atom stereocenters. The first kappa shape index (κ1) is 50.1. The van der Waals surface area contributed by atoms with Crippen molar-refractivity contribution >= 4 is 62.3 Å². The average molecular weight is 1010 g/mol. The lowest BCUT2D eigenvalue weighted by Gasteiger charge is -2.16. The van der Waals surface area contributed by atoms with E-state index in [4.69, 9.17) is 10.2 Å². The number of fused-ring (bicyclic) bond motifs is 9. The molecule has 0 saturated carbocycles. The van der Waals surface area contributed by atoms with Crippen LogP contribution in [0, 0.1) is 69.8 Å². The topological polar surface area (TPSA) is 218 Å². The number of aromatic nitrogens is 4. The van der Waals surface area contributed by atoms with Gasteiger partial charge in [0.15, 0.2) is 69.8 Å². The van der Waals surface area contributed by atoms with E-state index in [1.807, 2.05) is 16.0 Å². The van der Waals surface area contributed by atoms with Crippen molar-refractivity contribution < 1.29 is 83.3 Å². The molecule has 0 amide bonds. The second kappa shape index (κ2) is 19.8. The number of halogens is 12. The van der Waals surface area contributed by atoms with Gasteiger partial charge < -0.3 is 61.5 Å². The van der Waals surface area contributed by atoms with E-state index < -0.39 is 206 Å². The van der Waals surface area contributed by atoms with E-state index in [2.05, 4.69) is 19.9 Å². The van der Waals surface area contributed by atoms with Crippen molar-refractivity contribution in [3.63, 3.8) is 0 Å². The molecule has 25 heteroatoms. The molecule has 8 rings (SSSR count). The predicted octanol–water partition coefficient (Wildman–Crippen LogP) is 7.66. The van der Waals surface area contributed by atoms with Gasteiger partial charge in [-0.15, -0.1) is 0 Å². The van der Waals surface area contributed by atoms with Crippen LogP contribution in [0.3, 0.4) is 0 Å². The van der Waals surface area contributed by atoms with Gasteiger partial charge in [0, 0.05) is 58.4 Å². The highest BCUT2D eigenvalue weighted by Crippen LogP contribution is 2.44. The van der Waals surface area contributed by atoms with Crippen LogP contribution in [0.15, 0.2) is 36.4 Å². The van der Waals surface area contributed by atoms with Crippen LogP contribution in [-0.4, -0.2) is 108 Å². The predicted molar refractivity (Wildman–Crippen MR) is 236 cm³/mol. The number of H-pyrrole nitrogens is 3. The molecule has 0 radical (unpaired) electrons. The summed E-state index contributed by atoms with van der Waals surface area (Å²) in [7, 11) is 0. The Balaban J connectivity index is 1.52. The Morgan fingerprint density at radius 3 is 0.873 bits per heavy atom. The Morgan fingerprint density at radius 2 is 0.592 bits per heavy atom. The molecule has 12 N–H and O–H groups in total. The van der Waals surface area contributed by atoms with Crippen LogP contribution in [0.4, 0.5) is 69.7 Å². The lowest BCUT2D eigenvalue weighted by molar-refractivity contribution is 0.105. The highest BCUT2D eigenvalue weighted by Gasteiger charge is 2.33. The van der Waals surface area contributed by atoms with Crippen LogP contribution in [0.25, 0.3) is 78.6 Å². The molecule has 0 aliphatic carbocycles. The number of rotatable bonds is 15. The molecule has 0 fully saturated rings. The summed E-state index contributed by atoms with van der Waals surface area (Å²) < 4.78 is 194. The van der Waals surface area contributed by atoms with Crippen molar-refractivity contribution in [3.05, 3.63) is 118 Å². The molecule has 5 heterocycles. The van der Waals surface area contributed by atoms with Crippen LogP contribution in [0.1, 0.15) is 11.4 Å². The van der Waals surface area contributed by atoms with Crippen molar-refractivity contribution in [3.8, 4) is 33.4 Å². The monoisotopic (exact) mass is 1010 g/mol. The van der Waals surface area contributed by atoms with E-state index in [0.717, 1.165) is 36.4 Å². The highest BCUT2D eigenvalue weighted by atomic mass is 19.2. The van der Waals surface area contributed by atoms with Gasteiger partial charge in [-0.1, -0.05) is 0 Å². The summed E-state index contributed by atoms with van der Waals surface area (Å²) in [4.78, 5) is 12.4. The average Bonchev–Trinajstić information content (AvgIpc) is 4.22. The largest absolute Gasteiger partial charge is 0.394 e. The molecule has 13 nitrogen and oxygen atoms in total. The zero-order valence-electron chi connectivity index (χ0n) is 35.8. The smallest absolute Gasteiger partial charge is 0.185 e. The van der Waals surface area contributed by atoms with Gasteiger partial charge in [0.2, 0.25) is 0 Å². The Kier molecular flexibility index (Phi) is 14.0. The first-order valence-corrected chi connectivity index (χ1v) is 20.8. The van der Waals surface area contributed by atoms with Gasteiger partial charge >= 0.3 is 0 Å². The molecule has 8 bridgehead atoms. The molecule has 3 aromatic carbocycles. The number of hydrogen-bond donors (Lipinski definition) is 12. The van der Waals surface area contributed by atoms with Crippen molar-refractivity contribution in [2.24, 2.45) is 0 Å². The summed E-state index contributed by atoms with van der Waals surface area (Å²) in [6.45, 7) is -5.20. The molecule has 0 spiro atoms. The van der Waals surface area contributed by atoms with Gasteiger partial charge in [-0.05, 0) is 48.6 Å². The minimum atomic E-state index is -2.17. The Bertz CT molecular complexity index is 3330. The standard InChI is InChI=1S/C46H35F12N7O6/c47-32-29(33(48)39(54)44(38(32)53)59-9-15(69)12-66)26-20-3-1-18(62-20)19-2-4-21(63-19)27(30-34(49)40(55)45(41(56)35(30)50)60-10-16(70)13-67)23-6-8-25(65-23)28(24-7-5-22(26)64-24)31-36(51)42(57)46(43(58)37(31)52)61-11-17(71)14-68/h1-8,15-17,59-64,66-71H,9-14H2/t15-,16-,17-/m1/s1. The van der Waals surface area contributed by atoms with Gasteiger partial charge in [-0.3, -0.25) is 0 Å². The number of hydrogen-bond acceptors (Lipinski definition) is 10. The summed E-state index contributed by atoms with van der Waals surface area (Å²) in [5.41, 5.74) is -14.6. The lowest BCUT2D eigenvalue weighted by atomic mass is 10.0. The molecule has 7 aromatic rings. The van der Waals surface area contributed by atoms with Crippen molar-refractivity contribution in [1.82, 2.24) is 19.9 Å². The van der Waals surface area contributed by atoms with E-state index in [-0.39, 0.29) is 16.6 Å². The molecule has 0 unspecified atom stereocenters. The molecule has 4 aromatic heterocycles. The zero-order valence-corrected chi connectivity index (χ0v) is 35.8. The van der Waals surface area contributed by atoms with E-state index in [0.29, 0.717) is 0 Å². The van der Waals surface area contributed by atoms with Crippen molar-refractivity contribution in [2.45, 2.75) is 18.3 Å². The first-order valence-electron chi connectivity index (χ1n) is 20.8. The van der Waals surface area contributed by atoms with Crippen molar-refractivity contribution in [1.29, 1.82) is 0 Å². The maximum atomic E-state index is 16.5. The quantitative estimate of drug-likeness (QED) is 0.0356. The number of benzene rings is 3. The van der Waals surface area contributed by atoms with E-state index in [1.165, 1.54) is 12.1 Å². The lowest BCUT2D eigenvalue weighted by Crippen LogP contribution is -2.24. The third kappa shape index (κ3) is 8.84. The Hall–Kier alpha value is -7.29. The zero-order chi connectivity index (χ0) is 51.3. The van der Waals surface area contributed by atoms with Gasteiger partial charge in [0.05, 0.1) is 77.2 Å². The fourth-order valence-electron chi connectivity index (χ4n) is 7.81. The molecule has 71 heavy (non-hydrogen) atoms. The van der Waals surface area contributed by atoms with Crippen LogP contribution < -0.4 is 16.0 Å². The second-order valence-electron chi connectivity index (χ2n) is 15.9. The molecule has 1 aliphatic heterocycles. The fraction of sp³-hybridized carbons (Fsp3) is 0.196. The van der Waals surface area contributed by atoms with Crippen molar-refractivity contribution in [2.75, 3.05) is 55.4 Å². The Labute approximate surface area is 389 Å². The minimum Gasteiger partial charge on any atom is -0.394 e. The summed E-state index contributed by atoms with van der Waals surface area (Å²) >= 11 is 0. The fourth-order valence-corrected chi connectivity index (χ4v) is 7.81. The van der Waals surface area contributed by atoms with Gasteiger partial charge in [-0.25, -0.2) is 57.7 Å².